The van der Waals surface area contributed by atoms with Crippen molar-refractivity contribution in [2.75, 3.05) is 0 Å². The van der Waals surface area contributed by atoms with E-state index in [-0.39, 0.29) is 10.8 Å². The Morgan fingerprint density at radius 2 is 1.91 bits per heavy atom. The highest BCUT2D eigenvalue weighted by Crippen LogP contribution is 2.34. The first-order valence-corrected chi connectivity index (χ1v) is 8.64. The molecule has 0 aliphatic heterocycles. The van der Waals surface area contributed by atoms with Crippen LogP contribution in [0.1, 0.15) is 28.8 Å². The Morgan fingerprint density at radius 3 is 2.68 bits per heavy atom. The van der Waals surface area contributed by atoms with E-state index in [2.05, 4.69) is 4.98 Å². The zero-order valence-corrected chi connectivity index (χ0v) is 13.8. The average Bonchev–Trinajstić information content (AvgIpc) is 2.87. The molecule has 0 N–H and O–H groups in total. The zero-order valence-electron chi connectivity index (χ0n) is 12.2. The largest absolute Gasteiger partial charge is 0.268 e. The van der Waals surface area contributed by atoms with Gasteiger partial charge in [-0.05, 0) is 61.9 Å². The molecule has 0 unspecified atom stereocenters. The second-order valence-corrected chi connectivity index (χ2v) is 7.17. The molecule has 0 spiro atoms. The van der Waals surface area contributed by atoms with Crippen LogP contribution < -0.4 is 5.56 Å². The lowest BCUT2D eigenvalue weighted by Gasteiger charge is -2.11. The van der Waals surface area contributed by atoms with Crippen LogP contribution in [0.15, 0.2) is 29.1 Å². The standard InChI is InChI=1S/C17H15ClN2OS/c1-10-6-8-11(9-7-10)20-16(21)14-12-4-2-3-5-13(12)22-15(14)19-17(20)18/h6-9H,2-5H2,1H3. The number of rotatable bonds is 1. The first kappa shape index (κ1) is 14.0. The first-order chi connectivity index (χ1) is 10.6. The van der Waals surface area contributed by atoms with E-state index in [9.17, 15) is 4.79 Å². The van der Waals surface area contributed by atoms with Gasteiger partial charge in [-0.2, -0.15) is 0 Å². The van der Waals surface area contributed by atoms with E-state index < -0.39 is 0 Å². The van der Waals surface area contributed by atoms with Crippen LogP contribution in [0.3, 0.4) is 0 Å². The minimum absolute atomic E-state index is 0.0433. The molecule has 1 aromatic carbocycles. The summed E-state index contributed by atoms with van der Waals surface area (Å²) in [7, 11) is 0. The van der Waals surface area contributed by atoms with Crippen molar-refractivity contribution in [1.29, 1.82) is 0 Å². The fourth-order valence-corrected chi connectivity index (χ4v) is 4.66. The molecular formula is C17H15ClN2OS. The van der Waals surface area contributed by atoms with Crippen LogP contribution in [0.2, 0.25) is 5.28 Å². The first-order valence-electron chi connectivity index (χ1n) is 7.45. The molecule has 2 heterocycles. The molecule has 0 radical (unpaired) electrons. The summed E-state index contributed by atoms with van der Waals surface area (Å²) in [5.74, 6) is 0. The lowest BCUT2D eigenvalue weighted by atomic mass is 9.97. The third kappa shape index (κ3) is 2.09. The number of nitrogens with zero attached hydrogens (tertiary/aromatic N) is 2. The van der Waals surface area contributed by atoms with Gasteiger partial charge in [-0.3, -0.25) is 9.36 Å². The van der Waals surface area contributed by atoms with Gasteiger partial charge in [0, 0.05) is 4.88 Å². The minimum Gasteiger partial charge on any atom is -0.268 e. The van der Waals surface area contributed by atoms with Gasteiger partial charge in [0.05, 0.1) is 11.1 Å². The summed E-state index contributed by atoms with van der Waals surface area (Å²) in [6.45, 7) is 2.02. The maximum absolute atomic E-state index is 13.0. The summed E-state index contributed by atoms with van der Waals surface area (Å²) in [5, 5.41) is 1.00. The smallest absolute Gasteiger partial charge is 0.268 e. The Morgan fingerprint density at radius 1 is 1.18 bits per heavy atom. The Balaban J connectivity index is 2.03. The van der Waals surface area contributed by atoms with Gasteiger partial charge >= 0.3 is 0 Å². The van der Waals surface area contributed by atoms with Gasteiger partial charge in [-0.1, -0.05) is 17.7 Å². The molecule has 3 aromatic rings. The zero-order chi connectivity index (χ0) is 15.3. The Bertz CT molecular complexity index is 924. The van der Waals surface area contributed by atoms with Crippen molar-refractivity contribution in [1.82, 2.24) is 9.55 Å². The van der Waals surface area contributed by atoms with E-state index >= 15 is 0 Å². The summed E-state index contributed by atoms with van der Waals surface area (Å²) in [6.07, 6.45) is 4.37. The molecule has 0 atom stereocenters. The number of benzene rings is 1. The summed E-state index contributed by atoms with van der Waals surface area (Å²) < 4.78 is 1.52. The van der Waals surface area contributed by atoms with Crippen LogP contribution in [0.25, 0.3) is 15.9 Å². The van der Waals surface area contributed by atoms with Crippen molar-refractivity contribution in [2.45, 2.75) is 32.6 Å². The van der Waals surface area contributed by atoms with Gasteiger partial charge < -0.3 is 0 Å². The Labute approximate surface area is 137 Å². The molecular weight excluding hydrogens is 316 g/mol. The van der Waals surface area contributed by atoms with E-state index in [0.717, 1.165) is 40.7 Å². The number of hydrogen-bond acceptors (Lipinski definition) is 3. The van der Waals surface area contributed by atoms with Gasteiger partial charge in [0.15, 0.2) is 0 Å². The second-order valence-electron chi connectivity index (χ2n) is 5.75. The molecule has 1 aliphatic carbocycles. The lowest BCUT2D eigenvalue weighted by molar-refractivity contribution is 0.699. The summed E-state index contributed by atoms with van der Waals surface area (Å²) in [4.78, 5) is 19.6. The number of aryl methyl sites for hydroxylation is 3. The summed E-state index contributed by atoms with van der Waals surface area (Å²) >= 11 is 7.93. The van der Waals surface area contributed by atoms with Crippen LogP contribution in [0.5, 0.6) is 0 Å². The fourth-order valence-electron chi connectivity index (χ4n) is 3.10. The number of aromatic nitrogens is 2. The van der Waals surface area contributed by atoms with Gasteiger partial charge in [0.25, 0.3) is 5.56 Å². The van der Waals surface area contributed by atoms with E-state index in [1.807, 2.05) is 31.2 Å². The molecule has 0 bridgehead atoms. The topological polar surface area (TPSA) is 34.9 Å². The van der Waals surface area contributed by atoms with Crippen LogP contribution in [0, 0.1) is 6.92 Å². The van der Waals surface area contributed by atoms with Crippen molar-refractivity contribution in [3.8, 4) is 5.69 Å². The van der Waals surface area contributed by atoms with Gasteiger partial charge in [-0.25, -0.2) is 4.98 Å². The molecule has 2 aromatic heterocycles. The molecule has 4 rings (SSSR count). The molecule has 0 fully saturated rings. The molecule has 1 aliphatic rings. The van der Waals surface area contributed by atoms with Crippen LogP contribution in [-0.4, -0.2) is 9.55 Å². The van der Waals surface area contributed by atoms with Crippen molar-refractivity contribution in [2.24, 2.45) is 0 Å². The van der Waals surface area contributed by atoms with Crippen LogP contribution in [-0.2, 0) is 12.8 Å². The molecule has 22 heavy (non-hydrogen) atoms. The van der Waals surface area contributed by atoms with Gasteiger partial charge in [0.1, 0.15) is 4.83 Å². The number of fused-ring (bicyclic) bond motifs is 3. The molecule has 112 valence electrons. The second kappa shape index (κ2) is 5.21. The van der Waals surface area contributed by atoms with E-state index in [4.69, 9.17) is 11.6 Å². The molecule has 3 nitrogen and oxygen atoms in total. The highest BCUT2D eigenvalue weighted by Gasteiger charge is 2.22. The summed E-state index contributed by atoms with van der Waals surface area (Å²) in [6, 6.07) is 7.78. The maximum Gasteiger partial charge on any atom is 0.268 e. The van der Waals surface area contributed by atoms with E-state index in [1.165, 1.54) is 21.4 Å². The predicted octanol–water partition coefficient (Wildman–Crippen LogP) is 4.29. The molecule has 0 amide bonds. The minimum atomic E-state index is -0.0433. The monoisotopic (exact) mass is 330 g/mol. The SMILES string of the molecule is Cc1ccc(-n2c(Cl)nc3sc4c(c3c2=O)CCCC4)cc1. The predicted molar refractivity (Wildman–Crippen MR) is 91.6 cm³/mol. The number of thiophene rings is 1. The number of hydrogen-bond donors (Lipinski definition) is 0. The Hall–Kier alpha value is -1.65. The maximum atomic E-state index is 13.0. The molecule has 0 saturated carbocycles. The summed E-state index contributed by atoms with van der Waals surface area (Å²) in [5.41, 5.74) is 3.07. The molecule has 5 heteroatoms. The fraction of sp³-hybridized carbons (Fsp3) is 0.294. The Kier molecular flexibility index (Phi) is 3.31. The van der Waals surface area contributed by atoms with E-state index in [1.54, 1.807) is 11.3 Å². The van der Waals surface area contributed by atoms with Crippen LogP contribution >= 0.6 is 22.9 Å². The highest BCUT2D eigenvalue weighted by atomic mass is 35.5. The normalized spacial score (nSPS) is 14.3. The van der Waals surface area contributed by atoms with Gasteiger partial charge in [-0.15, -0.1) is 11.3 Å². The number of halogens is 1. The van der Waals surface area contributed by atoms with Crippen LogP contribution in [0.4, 0.5) is 0 Å². The highest BCUT2D eigenvalue weighted by molar-refractivity contribution is 7.18. The van der Waals surface area contributed by atoms with Gasteiger partial charge in [0.2, 0.25) is 5.28 Å². The van der Waals surface area contributed by atoms with Crippen molar-refractivity contribution in [3.05, 3.63) is 55.9 Å². The van der Waals surface area contributed by atoms with Crippen molar-refractivity contribution >= 4 is 33.2 Å². The van der Waals surface area contributed by atoms with E-state index in [0.29, 0.717) is 0 Å². The quantitative estimate of drug-likeness (QED) is 0.624. The van der Waals surface area contributed by atoms with Crippen molar-refractivity contribution in [3.63, 3.8) is 0 Å². The molecule has 0 saturated heterocycles. The third-order valence-electron chi connectivity index (χ3n) is 4.24. The third-order valence-corrected chi connectivity index (χ3v) is 5.68. The lowest BCUT2D eigenvalue weighted by Crippen LogP contribution is -2.21. The average molecular weight is 331 g/mol. The van der Waals surface area contributed by atoms with Crippen molar-refractivity contribution < 1.29 is 0 Å².